The van der Waals surface area contributed by atoms with E-state index in [1.165, 1.54) is 0 Å². The van der Waals surface area contributed by atoms with Gasteiger partial charge in [0.1, 0.15) is 0 Å². The highest BCUT2D eigenvalue weighted by molar-refractivity contribution is 7.99. The maximum atomic E-state index is 11.4. The Labute approximate surface area is 130 Å². The summed E-state index contributed by atoms with van der Waals surface area (Å²) in [6.07, 6.45) is 1.57. The third-order valence-electron chi connectivity index (χ3n) is 3.74. The molecule has 118 valence electrons. The molecule has 1 aromatic rings. The van der Waals surface area contributed by atoms with Crippen molar-refractivity contribution in [2.24, 2.45) is 0 Å². The van der Waals surface area contributed by atoms with Crippen molar-refractivity contribution in [3.8, 4) is 0 Å². The number of pyridine rings is 1. The van der Waals surface area contributed by atoms with Gasteiger partial charge >= 0.3 is 0 Å². The topological polar surface area (TPSA) is 48.6 Å². The summed E-state index contributed by atoms with van der Waals surface area (Å²) in [5.41, 5.74) is 1.83. The van der Waals surface area contributed by atoms with Gasteiger partial charge in [-0.25, -0.2) is 0 Å². The van der Waals surface area contributed by atoms with E-state index in [-0.39, 0.29) is 0 Å². The fourth-order valence-electron chi connectivity index (χ4n) is 2.20. The Hall–Kier alpha value is -0.820. The molecule has 0 amide bonds. The monoisotopic (exact) mass is 312 g/mol. The first-order chi connectivity index (χ1) is 10.2. The van der Waals surface area contributed by atoms with Crippen LogP contribution < -0.4 is 4.73 Å². The van der Waals surface area contributed by atoms with Crippen molar-refractivity contribution in [3.63, 3.8) is 0 Å². The van der Waals surface area contributed by atoms with Crippen LogP contribution in [-0.4, -0.2) is 56.7 Å². The van der Waals surface area contributed by atoms with Crippen molar-refractivity contribution in [1.82, 2.24) is 4.90 Å². The highest BCUT2D eigenvalue weighted by atomic mass is 32.2. The molecule has 6 heteroatoms. The number of thioether (sulfide) groups is 1. The lowest BCUT2D eigenvalue weighted by Gasteiger charge is -2.26. The van der Waals surface area contributed by atoms with Crippen molar-refractivity contribution in [3.05, 3.63) is 28.7 Å². The summed E-state index contributed by atoms with van der Waals surface area (Å²) < 4.78 is 11.9. The van der Waals surface area contributed by atoms with E-state index in [0.717, 1.165) is 72.7 Å². The molecule has 1 aliphatic rings. The predicted octanol–water partition coefficient (Wildman–Crippen LogP) is 1.38. The molecule has 0 bridgehead atoms. The molecule has 5 nitrogen and oxygen atoms in total. The van der Waals surface area contributed by atoms with Crippen LogP contribution in [-0.2, 0) is 9.47 Å². The van der Waals surface area contributed by atoms with E-state index in [1.54, 1.807) is 18.0 Å². The maximum absolute atomic E-state index is 11.4. The molecule has 0 aliphatic carbocycles. The SMILES string of the molecule is Cc1c(SCCOCCN2CCOCC2)cc[n+]([O-])c1C. The lowest BCUT2D eigenvalue weighted by atomic mass is 10.2. The maximum Gasteiger partial charge on any atom is 0.193 e. The largest absolute Gasteiger partial charge is 0.619 e. The molecule has 0 aromatic carbocycles. The van der Waals surface area contributed by atoms with Crippen LogP contribution >= 0.6 is 11.8 Å². The van der Waals surface area contributed by atoms with Gasteiger partial charge < -0.3 is 14.7 Å². The van der Waals surface area contributed by atoms with Gasteiger partial charge in [-0.15, -0.1) is 11.8 Å². The van der Waals surface area contributed by atoms with Crippen LogP contribution in [0.3, 0.4) is 0 Å². The van der Waals surface area contributed by atoms with E-state index in [4.69, 9.17) is 9.47 Å². The molecule has 0 saturated carbocycles. The normalized spacial score (nSPS) is 16.3. The molecule has 0 atom stereocenters. The van der Waals surface area contributed by atoms with Gasteiger partial charge in [0.05, 0.1) is 26.4 Å². The molecule has 1 aliphatic heterocycles. The average Bonchev–Trinajstić information content (AvgIpc) is 2.51. The highest BCUT2D eigenvalue weighted by Crippen LogP contribution is 2.22. The Morgan fingerprint density at radius 1 is 1.33 bits per heavy atom. The molecule has 1 fully saturated rings. The number of hydrogen-bond acceptors (Lipinski definition) is 5. The quantitative estimate of drug-likeness (QED) is 0.329. The molecule has 1 saturated heterocycles. The van der Waals surface area contributed by atoms with Crippen LogP contribution in [0.5, 0.6) is 0 Å². The average molecular weight is 312 g/mol. The summed E-state index contributed by atoms with van der Waals surface area (Å²) in [5, 5.41) is 11.4. The summed E-state index contributed by atoms with van der Waals surface area (Å²) in [6, 6.07) is 1.88. The molecule has 0 spiro atoms. The van der Waals surface area contributed by atoms with Crippen LogP contribution in [0.2, 0.25) is 0 Å². The first-order valence-electron chi connectivity index (χ1n) is 7.38. The van der Waals surface area contributed by atoms with Crippen molar-refractivity contribution in [1.29, 1.82) is 0 Å². The van der Waals surface area contributed by atoms with Crippen molar-refractivity contribution >= 4 is 11.8 Å². The second-order valence-corrected chi connectivity index (χ2v) is 6.27. The second kappa shape index (κ2) is 8.58. The first kappa shape index (κ1) is 16.5. The van der Waals surface area contributed by atoms with Crippen LogP contribution in [0.15, 0.2) is 17.2 Å². The Balaban J connectivity index is 1.60. The van der Waals surface area contributed by atoms with Crippen molar-refractivity contribution < 1.29 is 14.2 Å². The number of hydrogen-bond donors (Lipinski definition) is 0. The number of nitrogens with zero attached hydrogens (tertiary/aromatic N) is 2. The van der Waals surface area contributed by atoms with Crippen LogP contribution in [0.4, 0.5) is 0 Å². The van der Waals surface area contributed by atoms with Gasteiger partial charge in [0.15, 0.2) is 11.9 Å². The number of morpholine rings is 1. The highest BCUT2D eigenvalue weighted by Gasteiger charge is 2.10. The van der Waals surface area contributed by atoms with Gasteiger partial charge in [0.25, 0.3) is 0 Å². The minimum absolute atomic E-state index is 0.736. The van der Waals surface area contributed by atoms with Crippen LogP contribution in [0, 0.1) is 19.1 Å². The molecule has 1 aromatic heterocycles. The number of rotatable bonds is 7. The Morgan fingerprint density at radius 3 is 2.86 bits per heavy atom. The van der Waals surface area contributed by atoms with Gasteiger partial charge in [-0.3, -0.25) is 4.90 Å². The van der Waals surface area contributed by atoms with Gasteiger partial charge in [-0.1, -0.05) is 0 Å². The molecule has 2 heterocycles. The zero-order valence-corrected chi connectivity index (χ0v) is 13.7. The van der Waals surface area contributed by atoms with Gasteiger partial charge in [0, 0.05) is 48.8 Å². The van der Waals surface area contributed by atoms with E-state index in [0.29, 0.717) is 0 Å². The fraction of sp³-hybridized carbons (Fsp3) is 0.667. The van der Waals surface area contributed by atoms with E-state index >= 15 is 0 Å². The third kappa shape index (κ3) is 5.14. The summed E-state index contributed by atoms with van der Waals surface area (Å²) >= 11 is 1.75. The van der Waals surface area contributed by atoms with Gasteiger partial charge in [-0.05, 0) is 6.92 Å². The smallest absolute Gasteiger partial charge is 0.193 e. The van der Waals surface area contributed by atoms with Gasteiger partial charge in [0.2, 0.25) is 0 Å². The number of ether oxygens (including phenoxy) is 2. The fourth-order valence-corrected chi connectivity index (χ4v) is 3.15. The molecule has 0 N–H and O–H groups in total. The van der Waals surface area contributed by atoms with E-state index in [2.05, 4.69) is 4.90 Å². The van der Waals surface area contributed by atoms with Gasteiger partial charge in [-0.2, -0.15) is 4.73 Å². The predicted molar refractivity (Wildman–Crippen MR) is 83.7 cm³/mol. The molecular formula is C15H24N2O3S. The summed E-state index contributed by atoms with van der Waals surface area (Å²) in [7, 11) is 0. The van der Waals surface area contributed by atoms with Crippen LogP contribution in [0.1, 0.15) is 11.3 Å². The zero-order valence-electron chi connectivity index (χ0n) is 12.8. The standard InChI is InChI=1S/C15H24N2O3S/c1-13-14(2)17(18)4-3-15(13)21-12-11-20-10-7-16-5-8-19-9-6-16/h3-4H,5-12H2,1-2H3. The summed E-state index contributed by atoms with van der Waals surface area (Å²) in [6.45, 7) is 10.0. The van der Waals surface area contributed by atoms with Crippen molar-refractivity contribution in [2.75, 3.05) is 51.8 Å². The molecule has 0 radical (unpaired) electrons. The molecule has 2 rings (SSSR count). The molecule has 21 heavy (non-hydrogen) atoms. The number of aromatic nitrogens is 1. The summed E-state index contributed by atoms with van der Waals surface area (Å²) in [5.74, 6) is 0.909. The first-order valence-corrected chi connectivity index (χ1v) is 8.37. The lowest BCUT2D eigenvalue weighted by molar-refractivity contribution is -0.613. The minimum Gasteiger partial charge on any atom is -0.619 e. The summed E-state index contributed by atoms with van der Waals surface area (Å²) in [4.78, 5) is 3.53. The van der Waals surface area contributed by atoms with Crippen LogP contribution in [0.25, 0.3) is 0 Å². The third-order valence-corrected chi connectivity index (χ3v) is 4.87. The molecular weight excluding hydrogens is 288 g/mol. The van der Waals surface area contributed by atoms with E-state index < -0.39 is 0 Å². The lowest BCUT2D eigenvalue weighted by Crippen LogP contribution is -2.38. The van der Waals surface area contributed by atoms with E-state index in [1.807, 2.05) is 19.9 Å². The van der Waals surface area contributed by atoms with E-state index in [9.17, 15) is 5.21 Å². The van der Waals surface area contributed by atoms with Crippen molar-refractivity contribution in [2.45, 2.75) is 18.7 Å². The minimum atomic E-state index is 0.736. The Kier molecular flexibility index (Phi) is 6.76. The Morgan fingerprint density at radius 2 is 2.10 bits per heavy atom. The zero-order chi connectivity index (χ0) is 15.1. The second-order valence-electron chi connectivity index (χ2n) is 5.13. The Bertz CT molecular complexity index is 451. The molecule has 0 unspecified atom stereocenters.